The van der Waals surface area contributed by atoms with Crippen LogP contribution < -0.4 is 5.19 Å². The molecule has 2 aromatic heterocycles. The lowest BCUT2D eigenvalue weighted by Crippen LogP contribution is -2.56. The van der Waals surface area contributed by atoms with Crippen LogP contribution in [0.15, 0.2) is 91.0 Å². The van der Waals surface area contributed by atoms with Crippen LogP contribution in [-0.2, 0) is 11.3 Å². The molecule has 5 aromatic rings. The molecule has 13 rings (SSSR count). The molecule has 278 valence electrons. The van der Waals surface area contributed by atoms with Gasteiger partial charge in [-0.1, -0.05) is 99.5 Å². The van der Waals surface area contributed by atoms with Gasteiger partial charge in [-0.05, 0) is 164 Å². The Morgan fingerprint density at radius 2 is 1.02 bits per heavy atom. The molecule has 2 nitrogen and oxygen atoms in total. The van der Waals surface area contributed by atoms with E-state index in [2.05, 4.69) is 120 Å². The fraction of sp³-hybridized carbons (Fsp3) is 0.510. The molecule has 54 heavy (non-hydrogen) atoms. The zero-order valence-corrected chi connectivity index (χ0v) is 35.8. The van der Waals surface area contributed by atoms with Gasteiger partial charge in [-0.15, -0.1) is 9.24 Å². The van der Waals surface area contributed by atoms with Crippen molar-refractivity contribution in [2.45, 2.75) is 118 Å². The molecule has 0 saturated heterocycles. The second kappa shape index (κ2) is 12.5. The van der Waals surface area contributed by atoms with Gasteiger partial charge in [-0.2, -0.15) is 0 Å². The van der Waals surface area contributed by atoms with Crippen LogP contribution in [0.4, 0.5) is 0 Å². The summed E-state index contributed by atoms with van der Waals surface area (Å²) in [7, 11) is 1.58. The second-order valence-electron chi connectivity index (χ2n) is 20.6. The molecule has 0 N–H and O–H groups in total. The molecule has 0 aliphatic heterocycles. The van der Waals surface area contributed by atoms with E-state index >= 15 is 0 Å². The first kappa shape index (κ1) is 34.8. The summed E-state index contributed by atoms with van der Waals surface area (Å²) in [6.45, 7) is 7.57. The fourth-order valence-corrected chi connectivity index (χ4v) is 21.2. The van der Waals surface area contributed by atoms with Crippen LogP contribution in [0, 0.1) is 35.5 Å². The van der Waals surface area contributed by atoms with Gasteiger partial charge in [0.1, 0.15) is 0 Å². The van der Waals surface area contributed by atoms with Gasteiger partial charge in [0.15, 0.2) is 0 Å². The van der Waals surface area contributed by atoms with E-state index in [1.165, 1.54) is 61.0 Å². The van der Waals surface area contributed by atoms with Crippen molar-refractivity contribution in [3.05, 3.63) is 114 Å². The lowest BCUT2D eigenvalue weighted by Gasteiger charge is -2.67. The van der Waals surface area contributed by atoms with E-state index in [0.29, 0.717) is 10.3 Å². The molecule has 1 unspecified atom stereocenters. The highest BCUT2D eigenvalue weighted by molar-refractivity contribution is 7.60. The van der Waals surface area contributed by atoms with Gasteiger partial charge < -0.3 is 0 Å². The zero-order chi connectivity index (χ0) is 36.5. The van der Waals surface area contributed by atoms with Crippen molar-refractivity contribution >= 4 is 52.2 Å². The molecule has 0 amide bonds. The number of para-hydroxylation sites is 2. The van der Waals surface area contributed by atoms with Gasteiger partial charge in [0.05, 0.1) is 35.7 Å². The second-order valence-corrected chi connectivity index (χ2v) is 29.6. The lowest BCUT2D eigenvalue weighted by atomic mass is 9.55. The van der Waals surface area contributed by atoms with Crippen LogP contribution >= 0.6 is 17.2 Å². The molecular weight excluding hydrogens is 707 g/mol. The predicted molar refractivity (Wildman–Crippen MR) is 235 cm³/mol. The Balaban J connectivity index is 1.13. The molecule has 8 saturated carbocycles. The number of hydrogen-bond acceptors (Lipinski definition) is 2. The van der Waals surface area contributed by atoms with Crippen molar-refractivity contribution in [3.8, 4) is 0 Å². The van der Waals surface area contributed by atoms with Crippen LogP contribution in [0.25, 0.3) is 21.8 Å². The van der Waals surface area contributed by atoms with E-state index < -0.39 is 13.2 Å². The topological polar surface area (TPSA) is 25.8 Å². The summed E-state index contributed by atoms with van der Waals surface area (Å²) in [6, 6.07) is 34.5. The van der Waals surface area contributed by atoms with E-state index in [1.54, 1.807) is 49.3 Å². The number of nitrogens with zero attached hydrogens (tertiary/aromatic N) is 2. The van der Waals surface area contributed by atoms with Crippen molar-refractivity contribution in [3.63, 3.8) is 0 Å². The van der Waals surface area contributed by atoms with Crippen LogP contribution in [0.5, 0.6) is 0 Å². The summed E-state index contributed by atoms with van der Waals surface area (Å²) in [4.78, 5) is 11.1. The SMILES string of the molecule is C[Si](C)(C)c1ccc(CP(C23CC4CC(CC(C4)C2)C3)C23CC4CC(CC(C4)C2)C3)c(C(P)(c2ccc3ccccc3n2)c2ccc3ccccc3n2)c1. The quantitative estimate of drug-likeness (QED) is 0.116. The zero-order valence-electron chi connectivity index (χ0n) is 32.7. The summed E-state index contributed by atoms with van der Waals surface area (Å²) in [5, 5.41) is 4.52. The Kier molecular flexibility index (Phi) is 8.07. The van der Waals surface area contributed by atoms with E-state index in [-0.39, 0.29) is 7.92 Å². The van der Waals surface area contributed by atoms with Crippen molar-refractivity contribution in [1.82, 2.24) is 9.97 Å². The van der Waals surface area contributed by atoms with E-state index in [4.69, 9.17) is 9.97 Å². The molecule has 0 radical (unpaired) electrons. The normalized spacial score (nSPS) is 33.2. The molecule has 0 spiro atoms. The number of benzene rings is 3. The third-order valence-electron chi connectivity index (χ3n) is 15.9. The maximum absolute atomic E-state index is 5.56. The van der Waals surface area contributed by atoms with E-state index in [0.717, 1.165) is 57.9 Å². The number of fused-ring (bicyclic) bond motifs is 2. The van der Waals surface area contributed by atoms with Crippen molar-refractivity contribution in [2.75, 3.05) is 0 Å². The molecule has 8 fully saturated rings. The largest absolute Gasteiger partial charge is 0.251 e. The molecule has 1 atom stereocenters. The number of rotatable bonds is 8. The number of aromatic nitrogens is 2. The fourth-order valence-electron chi connectivity index (χ4n) is 14.3. The summed E-state index contributed by atoms with van der Waals surface area (Å²) in [5.74, 6) is 5.96. The monoisotopic (exact) mass is 764 g/mol. The maximum atomic E-state index is 5.56. The van der Waals surface area contributed by atoms with Gasteiger partial charge in [-0.25, -0.2) is 0 Å². The van der Waals surface area contributed by atoms with Crippen molar-refractivity contribution < 1.29 is 0 Å². The maximum Gasteiger partial charge on any atom is 0.0936 e. The molecule has 8 aliphatic rings. The van der Waals surface area contributed by atoms with Crippen molar-refractivity contribution in [2.24, 2.45) is 35.5 Å². The summed E-state index contributed by atoms with van der Waals surface area (Å²) in [5.41, 5.74) is 7.38. The van der Waals surface area contributed by atoms with Crippen LogP contribution in [-0.4, -0.2) is 28.4 Å². The number of hydrogen-bond donors (Lipinski definition) is 0. The van der Waals surface area contributed by atoms with E-state index in [1.807, 2.05) is 0 Å². The first-order chi connectivity index (χ1) is 26.1. The standard InChI is InChI=1S/C49H58N2P2Si/c1-54(2,3)41-15-12-40(31-53(47-25-32-18-33(26-47)20-34(19-32)27-47)48-28-35-21-36(29-48)23-37(22-35)30-48)42(24-41)49(52,45-16-13-38-8-4-6-10-43(38)50-45)46-17-14-39-9-5-7-11-44(39)51-46/h4-17,24,32-37H,18-23,25-31,52H2,1-3H3. The minimum Gasteiger partial charge on any atom is -0.251 e. The first-order valence-electron chi connectivity index (χ1n) is 21.5. The smallest absolute Gasteiger partial charge is 0.0936 e. The van der Waals surface area contributed by atoms with E-state index in [9.17, 15) is 0 Å². The van der Waals surface area contributed by atoms with Crippen LogP contribution in [0.1, 0.15) is 99.6 Å². The highest BCUT2D eigenvalue weighted by Gasteiger charge is 2.62. The lowest BCUT2D eigenvalue weighted by molar-refractivity contribution is 0.0184. The Hall–Kier alpha value is -2.44. The Morgan fingerprint density at radius 3 is 1.44 bits per heavy atom. The average molecular weight is 765 g/mol. The van der Waals surface area contributed by atoms with Gasteiger partial charge >= 0.3 is 0 Å². The third-order valence-corrected chi connectivity index (χ3v) is 22.9. The van der Waals surface area contributed by atoms with Gasteiger partial charge in [-0.3, -0.25) is 9.97 Å². The minimum atomic E-state index is -1.65. The Bertz CT molecular complexity index is 2080. The summed E-state index contributed by atoms with van der Waals surface area (Å²) < 4.78 is 0. The predicted octanol–water partition coefficient (Wildman–Crippen LogP) is 12.4. The molecule has 2 heterocycles. The van der Waals surface area contributed by atoms with Crippen LogP contribution in [0.3, 0.4) is 0 Å². The third kappa shape index (κ3) is 5.59. The summed E-state index contributed by atoms with van der Waals surface area (Å²) >= 11 is 0. The van der Waals surface area contributed by atoms with Gasteiger partial charge in [0.25, 0.3) is 0 Å². The van der Waals surface area contributed by atoms with Crippen molar-refractivity contribution in [1.29, 1.82) is 0 Å². The average Bonchev–Trinajstić information content (AvgIpc) is 3.14. The molecular formula is C49H58N2P2Si. The first-order valence-corrected chi connectivity index (χ1v) is 27.1. The molecule has 8 bridgehead atoms. The van der Waals surface area contributed by atoms with Crippen LogP contribution in [0.2, 0.25) is 19.6 Å². The Labute approximate surface area is 328 Å². The molecule has 8 aliphatic carbocycles. The van der Waals surface area contributed by atoms with Gasteiger partial charge in [0, 0.05) is 10.8 Å². The molecule has 3 aromatic carbocycles. The van der Waals surface area contributed by atoms with Gasteiger partial charge in [0.2, 0.25) is 0 Å². The Morgan fingerprint density at radius 1 is 0.593 bits per heavy atom. The summed E-state index contributed by atoms with van der Waals surface area (Å²) in [6.07, 6.45) is 19.8. The molecule has 5 heteroatoms. The highest BCUT2D eigenvalue weighted by Crippen LogP contribution is 2.80. The minimum absolute atomic E-state index is 0.219. The number of pyridine rings is 2. The highest BCUT2D eigenvalue weighted by atomic mass is 31.1.